The summed E-state index contributed by atoms with van der Waals surface area (Å²) >= 11 is 0. The van der Waals surface area contributed by atoms with Gasteiger partial charge in [-0.15, -0.1) is 0 Å². The van der Waals surface area contributed by atoms with Crippen molar-refractivity contribution in [3.8, 4) is 5.75 Å². The zero-order valence-electron chi connectivity index (χ0n) is 13.8. The van der Waals surface area contributed by atoms with Crippen LogP contribution in [-0.4, -0.2) is 28.0 Å². The van der Waals surface area contributed by atoms with Crippen LogP contribution in [0, 0.1) is 17.5 Å². The van der Waals surface area contributed by atoms with E-state index in [-0.39, 0.29) is 22.8 Å². The summed E-state index contributed by atoms with van der Waals surface area (Å²) in [6.07, 6.45) is 0. The molecule has 6 nitrogen and oxygen atoms in total. The highest BCUT2D eigenvalue weighted by Crippen LogP contribution is 2.26. The number of hydrogen-bond acceptors (Lipinski definition) is 4. The number of rotatable bonds is 6. The Morgan fingerprint density at radius 2 is 1.81 bits per heavy atom. The Hall–Kier alpha value is -2.59. The Balaban J connectivity index is 2.40. The lowest BCUT2D eigenvalue weighted by Gasteiger charge is -2.12. The number of methoxy groups -OCH3 is 1. The first kappa shape index (κ1) is 19.7. The van der Waals surface area contributed by atoms with Crippen LogP contribution in [0.4, 0.5) is 18.9 Å². The number of ether oxygens (including phenoxy) is 1. The molecule has 140 valence electrons. The molecule has 0 atom stereocenters. The van der Waals surface area contributed by atoms with E-state index in [0.717, 1.165) is 12.1 Å². The van der Waals surface area contributed by atoms with Gasteiger partial charge in [0.1, 0.15) is 10.6 Å². The minimum atomic E-state index is -3.94. The summed E-state index contributed by atoms with van der Waals surface area (Å²) in [6.45, 7) is 1.69. The molecular formula is C16H15F3N2O4S. The van der Waals surface area contributed by atoms with Crippen LogP contribution in [0.25, 0.3) is 0 Å². The highest BCUT2D eigenvalue weighted by atomic mass is 32.2. The van der Waals surface area contributed by atoms with Crippen molar-refractivity contribution in [1.82, 2.24) is 4.72 Å². The predicted molar refractivity (Wildman–Crippen MR) is 88.1 cm³/mol. The number of amides is 1. The second kappa shape index (κ2) is 7.75. The van der Waals surface area contributed by atoms with Gasteiger partial charge in [-0.05, 0) is 30.3 Å². The van der Waals surface area contributed by atoms with Crippen LogP contribution in [0.1, 0.15) is 17.3 Å². The predicted octanol–water partition coefficient (Wildman–Crippen LogP) is 2.66. The Bertz CT molecular complexity index is 949. The number of carbonyl (C=O) groups is 1. The van der Waals surface area contributed by atoms with Gasteiger partial charge in [0, 0.05) is 12.1 Å². The minimum Gasteiger partial charge on any atom is -0.495 e. The molecule has 2 N–H and O–H groups in total. The van der Waals surface area contributed by atoms with Crippen molar-refractivity contribution in [3.63, 3.8) is 0 Å². The summed E-state index contributed by atoms with van der Waals surface area (Å²) < 4.78 is 71.5. The van der Waals surface area contributed by atoms with Gasteiger partial charge in [-0.2, -0.15) is 0 Å². The van der Waals surface area contributed by atoms with Gasteiger partial charge in [0.25, 0.3) is 5.91 Å². The molecule has 26 heavy (non-hydrogen) atoms. The van der Waals surface area contributed by atoms with Gasteiger partial charge in [0.15, 0.2) is 17.5 Å². The standard InChI is InChI=1S/C16H15F3N2O4S/c1-3-20-26(23,24)13-8-9(4-7-12(13)25-2)16(22)21-11-6-5-10(17)14(18)15(11)19/h4-8,20H,3H2,1-2H3,(H,21,22). The van der Waals surface area contributed by atoms with E-state index < -0.39 is 39.1 Å². The third kappa shape index (κ3) is 3.97. The summed E-state index contributed by atoms with van der Waals surface area (Å²) in [5, 5.41) is 2.07. The first-order chi connectivity index (χ1) is 12.2. The minimum absolute atomic E-state index is 0.00140. The Kier molecular flexibility index (Phi) is 5.88. The van der Waals surface area contributed by atoms with Gasteiger partial charge < -0.3 is 10.1 Å². The summed E-state index contributed by atoms with van der Waals surface area (Å²) in [4.78, 5) is 12.0. The van der Waals surface area contributed by atoms with Gasteiger partial charge in [-0.3, -0.25) is 4.79 Å². The van der Waals surface area contributed by atoms with Crippen LogP contribution in [0.5, 0.6) is 5.75 Å². The second-order valence-electron chi connectivity index (χ2n) is 5.04. The largest absolute Gasteiger partial charge is 0.495 e. The third-order valence-corrected chi connectivity index (χ3v) is 4.90. The quantitative estimate of drug-likeness (QED) is 0.746. The molecule has 0 aliphatic carbocycles. The molecule has 0 aromatic heterocycles. The highest BCUT2D eigenvalue weighted by Gasteiger charge is 2.22. The number of sulfonamides is 1. The van der Waals surface area contributed by atoms with Crippen LogP contribution in [0.2, 0.25) is 0 Å². The number of hydrogen-bond donors (Lipinski definition) is 2. The van der Waals surface area contributed by atoms with E-state index in [2.05, 4.69) is 10.0 Å². The van der Waals surface area contributed by atoms with E-state index >= 15 is 0 Å². The fourth-order valence-corrected chi connectivity index (χ4v) is 3.35. The van der Waals surface area contributed by atoms with Crippen molar-refractivity contribution in [1.29, 1.82) is 0 Å². The number of halogens is 3. The second-order valence-corrected chi connectivity index (χ2v) is 6.78. The van der Waals surface area contributed by atoms with Crippen LogP contribution in [-0.2, 0) is 10.0 Å². The molecule has 0 unspecified atom stereocenters. The maximum Gasteiger partial charge on any atom is 0.255 e. The number of carbonyl (C=O) groups excluding carboxylic acids is 1. The SMILES string of the molecule is CCNS(=O)(=O)c1cc(C(=O)Nc2ccc(F)c(F)c2F)ccc1OC. The summed E-state index contributed by atoms with van der Waals surface area (Å²) in [5.74, 6) is -5.60. The van der Waals surface area contributed by atoms with Crippen molar-refractivity contribution in [2.45, 2.75) is 11.8 Å². The zero-order chi connectivity index (χ0) is 19.5. The van der Waals surface area contributed by atoms with Gasteiger partial charge in [-0.25, -0.2) is 26.3 Å². The Labute approximate surface area is 148 Å². The van der Waals surface area contributed by atoms with Crippen molar-refractivity contribution in [3.05, 3.63) is 53.3 Å². The van der Waals surface area contributed by atoms with Crippen molar-refractivity contribution in [2.75, 3.05) is 19.0 Å². The maximum atomic E-state index is 13.7. The lowest BCUT2D eigenvalue weighted by molar-refractivity contribution is 0.102. The molecule has 0 radical (unpaired) electrons. The number of nitrogens with one attached hydrogen (secondary N) is 2. The fraction of sp³-hybridized carbons (Fsp3) is 0.188. The molecule has 2 rings (SSSR count). The van der Waals surface area contributed by atoms with E-state index in [4.69, 9.17) is 4.74 Å². The molecule has 0 aliphatic heterocycles. The fourth-order valence-electron chi connectivity index (χ4n) is 2.11. The number of benzene rings is 2. The first-order valence-corrected chi connectivity index (χ1v) is 8.82. The first-order valence-electron chi connectivity index (χ1n) is 7.33. The normalized spacial score (nSPS) is 11.3. The average molecular weight is 388 g/mol. The molecule has 2 aromatic rings. The van der Waals surface area contributed by atoms with Gasteiger partial charge in [0.2, 0.25) is 10.0 Å². The molecule has 0 saturated carbocycles. The molecule has 1 amide bonds. The molecule has 0 saturated heterocycles. The molecule has 2 aromatic carbocycles. The molecule has 0 bridgehead atoms. The van der Waals surface area contributed by atoms with Gasteiger partial charge >= 0.3 is 0 Å². The monoisotopic (exact) mass is 388 g/mol. The Morgan fingerprint density at radius 1 is 1.12 bits per heavy atom. The van der Waals surface area contributed by atoms with E-state index in [1.165, 1.54) is 19.2 Å². The molecule has 0 heterocycles. The van der Waals surface area contributed by atoms with Crippen molar-refractivity contribution >= 4 is 21.6 Å². The van der Waals surface area contributed by atoms with Crippen molar-refractivity contribution in [2.24, 2.45) is 0 Å². The van der Waals surface area contributed by atoms with E-state index in [0.29, 0.717) is 6.07 Å². The molecule has 10 heteroatoms. The molecular weight excluding hydrogens is 373 g/mol. The van der Waals surface area contributed by atoms with Crippen LogP contribution in [0.15, 0.2) is 35.2 Å². The average Bonchev–Trinajstić information content (AvgIpc) is 2.61. The summed E-state index contributed by atoms with van der Waals surface area (Å²) in [6, 6.07) is 5.04. The van der Waals surface area contributed by atoms with Gasteiger partial charge in [-0.1, -0.05) is 6.92 Å². The Morgan fingerprint density at radius 3 is 2.42 bits per heavy atom. The van der Waals surface area contributed by atoms with Crippen molar-refractivity contribution < 1.29 is 31.1 Å². The van der Waals surface area contributed by atoms with E-state index in [1.54, 1.807) is 6.92 Å². The van der Waals surface area contributed by atoms with Crippen LogP contribution >= 0.6 is 0 Å². The van der Waals surface area contributed by atoms with Crippen LogP contribution < -0.4 is 14.8 Å². The third-order valence-electron chi connectivity index (χ3n) is 3.33. The van der Waals surface area contributed by atoms with Gasteiger partial charge in [0.05, 0.1) is 12.8 Å². The summed E-state index contributed by atoms with van der Waals surface area (Å²) in [5.41, 5.74) is -0.729. The lowest BCUT2D eigenvalue weighted by Crippen LogP contribution is -2.24. The molecule has 0 fully saturated rings. The smallest absolute Gasteiger partial charge is 0.255 e. The van der Waals surface area contributed by atoms with Crippen LogP contribution in [0.3, 0.4) is 0 Å². The molecule has 0 spiro atoms. The topological polar surface area (TPSA) is 84.5 Å². The maximum absolute atomic E-state index is 13.7. The number of anilines is 1. The van der Waals surface area contributed by atoms with E-state index in [1.807, 2.05) is 0 Å². The highest BCUT2D eigenvalue weighted by molar-refractivity contribution is 7.89. The summed E-state index contributed by atoms with van der Waals surface area (Å²) in [7, 11) is -2.68. The lowest BCUT2D eigenvalue weighted by atomic mass is 10.2. The van der Waals surface area contributed by atoms with E-state index in [9.17, 15) is 26.4 Å². The molecule has 0 aliphatic rings. The zero-order valence-corrected chi connectivity index (χ0v) is 14.6.